The summed E-state index contributed by atoms with van der Waals surface area (Å²) in [6, 6.07) is 26.7. The van der Waals surface area contributed by atoms with E-state index in [4.69, 9.17) is 0 Å². The van der Waals surface area contributed by atoms with Crippen LogP contribution in [0.15, 0.2) is 95.9 Å². The summed E-state index contributed by atoms with van der Waals surface area (Å²) >= 11 is 0. The third-order valence-corrected chi connectivity index (χ3v) is 7.46. The first-order valence-corrected chi connectivity index (χ1v) is 12.7. The lowest BCUT2D eigenvalue weighted by Crippen LogP contribution is -2.43. The van der Waals surface area contributed by atoms with E-state index in [-0.39, 0.29) is 10.7 Å². The molecule has 0 amide bonds. The molecule has 0 unspecified atom stereocenters. The molecular formula is C27H25N3O3S. The average Bonchev–Trinajstić information content (AvgIpc) is 2.88. The van der Waals surface area contributed by atoms with Gasteiger partial charge in [-0.1, -0.05) is 66.7 Å². The maximum atomic E-state index is 13.4. The smallest absolute Gasteiger partial charge is 0.262 e. The van der Waals surface area contributed by atoms with Gasteiger partial charge < -0.3 is 10.2 Å². The maximum absolute atomic E-state index is 13.4. The van der Waals surface area contributed by atoms with Crippen LogP contribution in [0.4, 0.5) is 11.4 Å². The highest BCUT2D eigenvalue weighted by atomic mass is 32.2. The summed E-state index contributed by atoms with van der Waals surface area (Å²) in [5, 5.41) is 4.92. The number of nitrogens with zero attached hydrogens (tertiary/aromatic N) is 1. The summed E-state index contributed by atoms with van der Waals surface area (Å²) in [6.45, 7) is 3.54. The van der Waals surface area contributed by atoms with Crippen LogP contribution in [0.1, 0.15) is 15.9 Å². The van der Waals surface area contributed by atoms with Crippen LogP contribution in [-0.2, 0) is 10.0 Å². The Labute approximate surface area is 199 Å². The van der Waals surface area contributed by atoms with E-state index in [2.05, 4.69) is 14.9 Å². The van der Waals surface area contributed by atoms with Crippen molar-refractivity contribution < 1.29 is 13.2 Å². The summed E-state index contributed by atoms with van der Waals surface area (Å²) in [5.41, 5.74) is 2.35. The predicted octanol–water partition coefficient (Wildman–Crippen LogP) is 4.28. The Balaban J connectivity index is 1.48. The molecule has 5 rings (SSSR count). The van der Waals surface area contributed by atoms with Crippen LogP contribution in [0.25, 0.3) is 10.8 Å². The molecule has 0 aliphatic carbocycles. The van der Waals surface area contributed by atoms with Crippen LogP contribution >= 0.6 is 0 Å². The third-order valence-electron chi connectivity index (χ3n) is 6.02. The standard InChI is InChI=1S/C27H25N3O3S/c31-27(20-7-2-1-3-8-20)21-9-6-10-22(19-21)29-34(32,33)26-14-13-25(30-17-15-28-16-18-30)23-11-4-5-12-24(23)26/h1-14,19,28-29H,15-18H2. The van der Waals surface area contributed by atoms with Crippen LogP contribution in [0.3, 0.4) is 0 Å². The number of carbonyl (C=O) groups is 1. The molecule has 1 aliphatic heterocycles. The number of carbonyl (C=O) groups excluding carboxylic acids is 1. The lowest BCUT2D eigenvalue weighted by molar-refractivity contribution is 0.103. The SMILES string of the molecule is O=C(c1ccccc1)c1cccc(NS(=O)(=O)c2ccc(N3CCNCC3)c3ccccc23)c1. The van der Waals surface area contributed by atoms with E-state index in [1.54, 1.807) is 54.6 Å². The van der Waals surface area contributed by atoms with Gasteiger partial charge in [0.2, 0.25) is 0 Å². The van der Waals surface area contributed by atoms with Crippen LogP contribution in [0.5, 0.6) is 0 Å². The van der Waals surface area contributed by atoms with Crippen molar-refractivity contribution in [2.75, 3.05) is 35.8 Å². The van der Waals surface area contributed by atoms with Crippen molar-refractivity contribution >= 4 is 38.0 Å². The van der Waals surface area contributed by atoms with Crippen molar-refractivity contribution in [2.45, 2.75) is 4.90 Å². The zero-order valence-electron chi connectivity index (χ0n) is 18.6. The third kappa shape index (κ3) is 4.40. The van der Waals surface area contributed by atoms with Crippen LogP contribution in [-0.4, -0.2) is 40.4 Å². The van der Waals surface area contributed by atoms with E-state index in [9.17, 15) is 13.2 Å². The number of anilines is 2. The Kier molecular flexibility index (Phi) is 6.04. The zero-order valence-corrected chi connectivity index (χ0v) is 19.4. The van der Waals surface area contributed by atoms with Gasteiger partial charge in [-0.3, -0.25) is 9.52 Å². The second kappa shape index (κ2) is 9.29. The normalized spacial score (nSPS) is 14.2. The van der Waals surface area contributed by atoms with Gasteiger partial charge in [-0.15, -0.1) is 0 Å². The average molecular weight is 472 g/mol. The Bertz CT molecular complexity index is 1450. The number of fused-ring (bicyclic) bond motifs is 1. The number of ketones is 1. The number of rotatable bonds is 6. The van der Waals surface area contributed by atoms with E-state index in [0.717, 1.165) is 37.3 Å². The Morgan fingerprint density at radius 1 is 0.765 bits per heavy atom. The lowest BCUT2D eigenvalue weighted by Gasteiger charge is -2.30. The number of piperazine rings is 1. The largest absolute Gasteiger partial charge is 0.368 e. The first-order valence-electron chi connectivity index (χ1n) is 11.2. The summed E-state index contributed by atoms with van der Waals surface area (Å²) < 4.78 is 29.5. The topological polar surface area (TPSA) is 78.5 Å². The van der Waals surface area contributed by atoms with Crippen molar-refractivity contribution in [3.8, 4) is 0 Å². The molecule has 7 heteroatoms. The van der Waals surface area contributed by atoms with Crippen molar-refractivity contribution in [2.24, 2.45) is 0 Å². The molecule has 1 fully saturated rings. The molecule has 0 aromatic heterocycles. The van der Waals surface area contributed by atoms with Crippen molar-refractivity contribution in [3.63, 3.8) is 0 Å². The monoisotopic (exact) mass is 471 g/mol. The summed E-state index contributed by atoms with van der Waals surface area (Å²) in [6.07, 6.45) is 0. The minimum atomic E-state index is -3.89. The number of sulfonamides is 1. The molecule has 4 aromatic rings. The highest BCUT2D eigenvalue weighted by Crippen LogP contribution is 2.33. The molecule has 1 aliphatic rings. The van der Waals surface area contributed by atoms with Crippen LogP contribution < -0.4 is 14.9 Å². The van der Waals surface area contributed by atoms with Gasteiger partial charge in [0, 0.05) is 59.5 Å². The number of benzene rings is 4. The summed E-state index contributed by atoms with van der Waals surface area (Å²) in [5.74, 6) is -0.160. The molecule has 0 saturated carbocycles. The molecule has 6 nitrogen and oxygen atoms in total. The van der Waals surface area contributed by atoms with Crippen molar-refractivity contribution in [3.05, 3.63) is 102 Å². The molecule has 34 heavy (non-hydrogen) atoms. The minimum absolute atomic E-state index is 0.160. The number of hydrogen-bond donors (Lipinski definition) is 2. The van der Waals surface area contributed by atoms with Crippen molar-refractivity contribution in [1.82, 2.24) is 5.32 Å². The fraction of sp³-hybridized carbons (Fsp3) is 0.148. The number of nitrogens with one attached hydrogen (secondary N) is 2. The predicted molar refractivity (Wildman–Crippen MR) is 136 cm³/mol. The van der Waals surface area contributed by atoms with E-state index in [1.165, 1.54) is 0 Å². The molecule has 0 atom stereocenters. The molecule has 0 spiro atoms. The second-order valence-corrected chi connectivity index (χ2v) is 9.90. The van der Waals surface area contributed by atoms with E-state index >= 15 is 0 Å². The molecule has 1 saturated heterocycles. The molecule has 4 aromatic carbocycles. The lowest BCUT2D eigenvalue weighted by atomic mass is 10.0. The first-order chi connectivity index (χ1) is 16.5. The molecular weight excluding hydrogens is 446 g/mol. The van der Waals surface area contributed by atoms with Gasteiger partial charge >= 0.3 is 0 Å². The molecule has 0 radical (unpaired) electrons. The number of hydrogen-bond acceptors (Lipinski definition) is 5. The van der Waals surface area contributed by atoms with E-state index in [0.29, 0.717) is 22.2 Å². The molecule has 0 bridgehead atoms. The van der Waals surface area contributed by atoms with Gasteiger partial charge in [0.05, 0.1) is 4.90 Å². The fourth-order valence-corrected chi connectivity index (χ4v) is 5.62. The van der Waals surface area contributed by atoms with Crippen LogP contribution in [0, 0.1) is 0 Å². The fourth-order valence-electron chi connectivity index (χ4n) is 4.36. The minimum Gasteiger partial charge on any atom is -0.368 e. The summed E-state index contributed by atoms with van der Waals surface area (Å²) in [4.78, 5) is 15.3. The molecule has 1 heterocycles. The molecule has 2 N–H and O–H groups in total. The van der Waals surface area contributed by atoms with Crippen molar-refractivity contribution in [1.29, 1.82) is 0 Å². The first kappa shape index (κ1) is 22.1. The van der Waals surface area contributed by atoms with Gasteiger partial charge in [0.25, 0.3) is 10.0 Å². The van der Waals surface area contributed by atoms with Gasteiger partial charge in [-0.2, -0.15) is 0 Å². The Morgan fingerprint density at radius 3 is 2.21 bits per heavy atom. The quantitative estimate of drug-likeness (QED) is 0.411. The van der Waals surface area contributed by atoms with Gasteiger partial charge in [0.1, 0.15) is 0 Å². The van der Waals surface area contributed by atoms with Gasteiger partial charge in [-0.05, 0) is 24.3 Å². The molecule has 172 valence electrons. The Morgan fingerprint density at radius 2 is 1.44 bits per heavy atom. The Hall–Kier alpha value is -3.68. The second-order valence-electron chi connectivity index (χ2n) is 8.25. The van der Waals surface area contributed by atoms with Gasteiger partial charge in [0.15, 0.2) is 5.78 Å². The zero-order chi connectivity index (χ0) is 23.5. The van der Waals surface area contributed by atoms with Gasteiger partial charge in [-0.25, -0.2) is 8.42 Å². The summed E-state index contributed by atoms with van der Waals surface area (Å²) in [7, 11) is -3.89. The van der Waals surface area contributed by atoms with E-state index in [1.807, 2.05) is 36.4 Å². The highest BCUT2D eigenvalue weighted by Gasteiger charge is 2.22. The highest BCUT2D eigenvalue weighted by molar-refractivity contribution is 7.93. The van der Waals surface area contributed by atoms with Crippen LogP contribution in [0.2, 0.25) is 0 Å². The van der Waals surface area contributed by atoms with E-state index < -0.39 is 10.0 Å². The maximum Gasteiger partial charge on any atom is 0.262 e.